The van der Waals surface area contributed by atoms with Crippen LogP contribution in [0.4, 0.5) is 5.69 Å². The Balaban J connectivity index is 1.71. The quantitative estimate of drug-likeness (QED) is 0.773. The lowest BCUT2D eigenvalue weighted by Crippen LogP contribution is -2.33. The number of nitrogens with two attached hydrogens (primary N) is 1. The Bertz CT molecular complexity index is 570. The second-order valence-electron chi connectivity index (χ2n) is 5.77. The number of hydrogen-bond donors (Lipinski definition) is 3. The summed E-state index contributed by atoms with van der Waals surface area (Å²) in [6.07, 6.45) is 3.19. The van der Waals surface area contributed by atoms with Crippen LogP contribution in [0.2, 0.25) is 0 Å². The van der Waals surface area contributed by atoms with Crippen molar-refractivity contribution in [3.8, 4) is 0 Å². The predicted octanol–water partition coefficient (Wildman–Crippen LogP) is 1.17. The van der Waals surface area contributed by atoms with Gasteiger partial charge in [-0.3, -0.25) is 9.59 Å². The molecule has 2 aliphatic rings. The van der Waals surface area contributed by atoms with Crippen LogP contribution in [0.1, 0.15) is 35.2 Å². The Hall–Kier alpha value is -1.88. The lowest BCUT2D eigenvalue weighted by molar-refractivity contribution is -0.120. The summed E-state index contributed by atoms with van der Waals surface area (Å²) in [6.45, 7) is 1.86. The first kappa shape index (κ1) is 13.1. The molecule has 2 fully saturated rings. The highest BCUT2D eigenvalue weighted by molar-refractivity contribution is 5.96. The van der Waals surface area contributed by atoms with E-state index in [0.29, 0.717) is 17.6 Å². The van der Waals surface area contributed by atoms with Crippen LogP contribution in [0.5, 0.6) is 0 Å². The monoisotopic (exact) mass is 273 g/mol. The average Bonchev–Trinajstić information content (AvgIpc) is 3.03. The number of aryl methyl sites for hydroxylation is 1. The number of primary amides is 1. The zero-order chi connectivity index (χ0) is 14.3. The molecule has 3 rings (SSSR count). The van der Waals surface area contributed by atoms with Gasteiger partial charge in [0.1, 0.15) is 0 Å². The lowest BCUT2D eigenvalue weighted by atomic mass is 9.88. The van der Waals surface area contributed by atoms with E-state index in [0.717, 1.165) is 24.1 Å². The molecule has 2 bridgehead atoms. The fourth-order valence-electron chi connectivity index (χ4n) is 3.30. The summed E-state index contributed by atoms with van der Waals surface area (Å²) in [6, 6.07) is 5.92. The van der Waals surface area contributed by atoms with Crippen LogP contribution >= 0.6 is 0 Å². The van der Waals surface area contributed by atoms with Crippen LogP contribution in [0.3, 0.4) is 0 Å². The van der Waals surface area contributed by atoms with Gasteiger partial charge in [0.15, 0.2) is 0 Å². The van der Waals surface area contributed by atoms with E-state index in [1.807, 2.05) is 6.92 Å². The van der Waals surface area contributed by atoms with E-state index in [1.165, 1.54) is 6.42 Å². The van der Waals surface area contributed by atoms with Crippen molar-refractivity contribution < 1.29 is 9.59 Å². The summed E-state index contributed by atoms with van der Waals surface area (Å²) in [7, 11) is 0. The molecule has 0 saturated carbocycles. The Labute approximate surface area is 117 Å². The molecule has 5 heteroatoms. The van der Waals surface area contributed by atoms with Crippen molar-refractivity contribution in [1.82, 2.24) is 5.32 Å². The molecule has 2 amide bonds. The van der Waals surface area contributed by atoms with Crippen molar-refractivity contribution in [2.24, 2.45) is 11.7 Å². The van der Waals surface area contributed by atoms with Gasteiger partial charge in [-0.1, -0.05) is 0 Å². The van der Waals surface area contributed by atoms with Gasteiger partial charge in [0.25, 0.3) is 0 Å². The normalized spacial score (nSPS) is 27.6. The second-order valence-corrected chi connectivity index (χ2v) is 5.77. The molecule has 1 aromatic rings. The Morgan fingerprint density at radius 2 is 2.15 bits per heavy atom. The predicted molar refractivity (Wildman–Crippen MR) is 76.4 cm³/mol. The van der Waals surface area contributed by atoms with E-state index in [-0.39, 0.29) is 11.8 Å². The van der Waals surface area contributed by atoms with Crippen molar-refractivity contribution in [3.05, 3.63) is 29.3 Å². The molecule has 1 aromatic carbocycles. The third-order valence-electron chi connectivity index (χ3n) is 4.41. The standard InChI is InChI=1S/C15H19N3O2/c1-8-6-9(14(16)19)2-4-12(8)18-15(20)11-7-10-3-5-13(11)17-10/h2,4,6,10-11,13,17H,3,5,7H2,1H3,(H2,16,19)(H,18,20). The number of hydrogen-bond acceptors (Lipinski definition) is 3. The number of carbonyl (C=O) groups is 2. The molecule has 0 spiro atoms. The zero-order valence-electron chi connectivity index (χ0n) is 11.5. The number of anilines is 1. The number of benzene rings is 1. The Kier molecular flexibility index (Phi) is 3.22. The fraction of sp³-hybridized carbons (Fsp3) is 0.467. The van der Waals surface area contributed by atoms with E-state index in [1.54, 1.807) is 18.2 Å². The molecular formula is C15H19N3O2. The van der Waals surface area contributed by atoms with Crippen LogP contribution in [0.25, 0.3) is 0 Å². The van der Waals surface area contributed by atoms with E-state index < -0.39 is 5.91 Å². The molecule has 2 aliphatic heterocycles. The molecule has 106 valence electrons. The molecule has 3 unspecified atom stereocenters. The van der Waals surface area contributed by atoms with Gasteiger partial charge in [0, 0.05) is 23.3 Å². The first-order valence-corrected chi connectivity index (χ1v) is 7.02. The minimum atomic E-state index is -0.455. The minimum Gasteiger partial charge on any atom is -0.366 e. The lowest BCUT2D eigenvalue weighted by Gasteiger charge is -2.20. The molecule has 0 aliphatic carbocycles. The van der Waals surface area contributed by atoms with Crippen molar-refractivity contribution in [2.75, 3.05) is 5.32 Å². The summed E-state index contributed by atoms with van der Waals surface area (Å²) < 4.78 is 0. The molecule has 0 radical (unpaired) electrons. The van der Waals surface area contributed by atoms with Crippen LogP contribution in [0, 0.1) is 12.8 Å². The highest BCUT2D eigenvalue weighted by Gasteiger charge is 2.42. The SMILES string of the molecule is Cc1cc(C(N)=O)ccc1NC(=O)C1CC2CCC1N2. The highest BCUT2D eigenvalue weighted by atomic mass is 16.2. The first-order chi connectivity index (χ1) is 9.54. The third-order valence-corrected chi connectivity index (χ3v) is 4.41. The molecule has 0 aromatic heterocycles. The third kappa shape index (κ3) is 2.29. The molecule has 2 heterocycles. The van der Waals surface area contributed by atoms with E-state index in [9.17, 15) is 9.59 Å². The smallest absolute Gasteiger partial charge is 0.248 e. The van der Waals surface area contributed by atoms with Crippen LogP contribution in [-0.4, -0.2) is 23.9 Å². The summed E-state index contributed by atoms with van der Waals surface area (Å²) >= 11 is 0. The summed E-state index contributed by atoms with van der Waals surface area (Å²) in [5.74, 6) is -0.327. The number of nitrogens with one attached hydrogen (secondary N) is 2. The fourth-order valence-corrected chi connectivity index (χ4v) is 3.30. The second kappa shape index (κ2) is 4.90. The molecule has 2 saturated heterocycles. The highest BCUT2D eigenvalue weighted by Crippen LogP contribution is 2.34. The van der Waals surface area contributed by atoms with E-state index >= 15 is 0 Å². The number of amides is 2. The number of fused-ring (bicyclic) bond motifs is 2. The largest absolute Gasteiger partial charge is 0.366 e. The maximum atomic E-state index is 12.3. The van der Waals surface area contributed by atoms with Gasteiger partial charge in [-0.25, -0.2) is 0 Å². The van der Waals surface area contributed by atoms with E-state index in [2.05, 4.69) is 10.6 Å². The van der Waals surface area contributed by atoms with Crippen LogP contribution < -0.4 is 16.4 Å². The van der Waals surface area contributed by atoms with Gasteiger partial charge >= 0.3 is 0 Å². The van der Waals surface area contributed by atoms with E-state index in [4.69, 9.17) is 5.73 Å². The Morgan fingerprint density at radius 3 is 2.70 bits per heavy atom. The molecule has 20 heavy (non-hydrogen) atoms. The van der Waals surface area contributed by atoms with Crippen LogP contribution in [-0.2, 0) is 4.79 Å². The summed E-state index contributed by atoms with van der Waals surface area (Å²) in [5, 5.41) is 6.43. The maximum Gasteiger partial charge on any atom is 0.248 e. The number of rotatable bonds is 3. The van der Waals surface area contributed by atoms with Crippen molar-refractivity contribution in [1.29, 1.82) is 0 Å². The average molecular weight is 273 g/mol. The van der Waals surface area contributed by atoms with Crippen molar-refractivity contribution >= 4 is 17.5 Å². The van der Waals surface area contributed by atoms with Gasteiger partial charge in [0.05, 0.1) is 5.92 Å². The van der Waals surface area contributed by atoms with Crippen molar-refractivity contribution in [3.63, 3.8) is 0 Å². The van der Waals surface area contributed by atoms with Crippen molar-refractivity contribution in [2.45, 2.75) is 38.3 Å². The maximum absolute atomic E-state index is 12.3. The number of carbonyl (C=O) groups excluding carboxylic acids is 2. The summed E-state index contributed by atoms with van der Waals surface area (Å²) in [4.78, 5) is 23.4. The molecule has 3 atom stereocenters. The molecule has 4 N–H and O–H groups in total. The van der Waals surface area contributed by atoms with Gasteiger partial charge in [-0.05, 0) is 49.9 Å². The Morgan fingerprint density at radius 1 is 1.35 bits per heavy atom. The minimum absolute atomic E-state index is 0.0592. The van der Waals surface area contributed by atoms with Gasteiger partial charge in [0.2, 0.25) is 11.8 Å². The van der Waals surface area contributed by atoms with Gasteiger partial charge < -0.3 is 16.4 Å². The molecule has 5 nitrogen and oxygen atoms in total. The summed E-state index contributed by atoms with van der Waals surface area (Å²) in [5.41, 5.74) is 7.31. The topological polar surface area (TPSA) is 84.2 Å². The first-order valence-electron chi connectivity index (χ1n) is 7.02. The zero-order valence-corrected chi connectivity index (χ0v) is 11.5. The van der Waals surface area contributed by atoms with Gasteiger partial charge in [-0.15, -0.1) is 0 Å². The molecular weight excluding hydrogens is 254 g/mol. The van der Waals surface area contributed by atoms with Crippen LogP contribution in [0.15, 0.2) is 18.2 Å². The van der Waals surface area contributed by atoms with Gasteiger partial charge in [-0.2, -0.15) is 0 Å².